The van der Waals surface area contributed by atoms with Crippen LogP contribution in [0.1, 0.15) is 34.2 Å². The third-order valence-corrected chi connectivity index (χ3v) is 6.48. The second kappa shape index (κ2) is 10.4. The largest absolute Gasteiger partial charge is 0.309 e. The van der Waals surface area contributed by atoms with Crippen molar-refractivity contribution in [1.29, 1.82) is 0 Å². The summed E-state index contributed by atoms with van der Waals surface area (Å²) < 4.78 is 1.17. The summed E-state index contributed by atoms with van der Waals surface area (Å²) in [7, 11) is 4.12. The van der Waals surface area contributed by atoms with Crippen LogP contribution in [0.3, 0.4) is 0 Å². The van der Waals surface area contributed by atoms with Crippen LogP contribution < -0.4 is 4.90 Å². The highest BCUT2D eigenvalue weighted by Crippen LogP contribution is 2.32. The molecule has 0 aliphatic rings. The van der Waals surface area contributed by atoms with Crippen molar-refractivity contribution < 1.29 is 4.79 Å². The molecule has 3 rings (SSSR count). The molecule has 1 amide bonds. The van der Waals surface area contributed by atoms with Crippen molar-refractivity contribution in [3.63, 3.8) is 0 Å². The Labute approximate surface area is 190 Å². The van der Waals surface area contributed by atoms with E-state index in [4.69, 9.17) is 4.98 Å². The van der Waals surface area contributed by atoms with E-state index in [-0.39, 0.29) is 18.3 Å². The fourth-order valence-corrected chi connectivity index (χ4v) is 4.59. The Balaban J connectivity index is 0.00000320. The van der Waals surface area contributed by atoms with Gasteiger partial charge in [0.25, 0.3) is 0 Å². The zero-order valence-electron chi connectivity index (χ0n) is 18.8. The minimum absolute atomic E-state index is 0. The van der Waals surface area contributed by atoms with Gasteiger partial charge in [-0.2, -0.15) is 0 Å². The molecule has 1 aromatic heterocycles. The fraction of sp³-hybridized carbons (Fsp3) is 0.417. The normalized spacial score (nSPS) is 11.0. The molecule has 0 atom stereocenters. The topological polar surface area (TPSA) is 36.4 Å². The summed E-state index contributed by atoms with van der Waals surface area (Å²) in [6.07, 6.45) is 1.32. The maximum absolute atomic E-state index is 13.3. The fourth-order valence-electron chi connectivity index (χ4n) is 3.54. The predicted molar refractivity (Wildman–Crippen MR) is 131 cm³/mol. The van der Waals surface area contributed by atoms with E-state index in [1.807, 2.05) is 4.90 Å². The molecule has 0 aliphatic heterocycles. The molecule has 30 heavy (non-hydrogen) atoms. The van der Waals surface area contributed by atoms with Crippen molar-refractivity contribution in [3.05, 3.63) is 58.1 Å². The first-order chi connectivity index (χ1) is 13.7. The highest BCUT2D eigenvalue weighted by atomic mass is 35.5. The van der Waals surface area contributed by atoms with E-state index in [1.165, 1.54) is 27.0 Å². The number of rotatable bonds is 7. The van der Waals surface area contributed by atoms with E-state index in [1.54, 1.807) is 11.3 Å². The number of carbonyl (C=O) groups is 1. The molecular weight excluding hydrogens is 414 g/mol. The van der Waals surface area contributed by atoms with Crippen LogP contribution in [0.5, 0.6) is 0 Å². The standard InChI is InChI=1S/C24H31N3OS.ClH/c1-16-12-19(4)23-21(13-16)25-24(29-23)27(11-7-10-26(5)6)22(28)15-20-9-8-17(2)18(3)14-20;/h8-9,12-14H,7,10-11,15H2,1-6H3;1H. The van der Waals surface area contributed by atoms with Crippen LogP contribution in [0.25, 0.3) is 10.2 Å². The average molecular weight is 446 g/mol. The third kappa shape index (κ3) is 5.81. The lowest BCUT2D eigenvalue weighted by molar-refractivity contribution is -0.118. The van der Waals surface area contributed by atoms with Gasteiger partial charge in [0.15, 0.2) is 5.13 Å². The van der Waals surface area contributed by atoms with E-state index in [0.29, 0.717) is 13.0 Å². The molecule has 2 aromatic carbocycles. The predicted octanol–water partition coefficient (Wildman–Crippen LogP) is 5.48. The molecule has 0 aliphatic carbocycles. The van der Waals surface area contributed by atoms with Gasteiger partial charge in [0.05, 0.1) is 16.6 Å². The number of nitrogens with zero attached hydrogens (tertiary/aromatic N) is 3. The number of fused-ring (bicyclic) bond motifs is 1. The molecule has 0 N–H and O–H groups in total. The lowest BCUT2D eigenvalue weighted by Crippen LogP contribution is -2.34. The summed E-state index contributed by atoms with van der Waals surface area (Å²) in [5.74, 6) is 0.112. The van der Waals surface area contributed by atoms with Crippen LogP contribution in [0.2, 0.25) is 0 Å². The summed E-state index contributed by atoms with van der Waals surface area (Å²) >= 11 is 1.62. The van der Waals surface area contributed by atoms with Crippen molar-refractivity contribution in [3.8, 4) is 0 Å². The Morgan fingerprint density at radius 3 is 2.37 bits per heavy atom. The number of aromatic nitrogens is 1. The van der Waals surface area contributed by atoms with Gasteiger partial charge >= 0.3 is 0 Å². The summed E-state index contributed by atoms with van der Waals surface area (Å²) in [4.78, 5) is 22.2. The lowest BCUT2D eigenvalue weighted by Gasteiger charge is -2.21. The van der Waals surface area contributed by atoms with Crippen LogP contribution in [-0.2, 0) is 11.2 Å². The quantitative estimate of drug-likeness (QED) is 0.483. The Morgan fingerprint density at radius 2 is 1.70 bits per heavy atom. The number of benzene rings is 2. The maximum Gasteiger partial charge on any atom is 0.233 e. The summed E-state index contributed by atoms with van der Waals surface area (Å²) in [6, 6.07) is 10.6. The van der Waals surface area contributed by atoms with E-state index in [0.717, 1.165) is 29.2 Å². The molecule has 3 aromatic rings. The van der Waals surface area contributed by atoms with Crippen LogP contribution in [0.4, 0.5) is 5.13 Å². The molecule has 6 heteroatoms. The Hall–Kier alpha value is -1.95. The second-order valence-electron chi connectivity index (χ2n) is 8.22. The lowest BCUT2D eigenvalue weighted by atomic mass is 10.0. The van der Waals surface area contributed by atoms with Gasteiger partial charge in [0, 0.05) is 6.54 Å². The molecule has 162 valence electrons. The smallest absolute Gasteiger partial charge is 0.233 e. The molecule has 0 fully saturated rings. The number of hydrogen-bond acceptors (Lipinski definition) is 4. The number of halogens is 1. The molecule has 0 spiro atoms. The molecular formula is C24H32ClN3OS. The molecule has 0 saturated heterocycles. The zero-order chi connectivity index (χ0) is 21.1. The summed E-state index contributed by atoms with van der Waals surface area (Å²) in [5, 5.41) is 0.807. The Kier molecular flexibility index (Phi) is 8.42. The Bertz CT molecular complexity index is 1030. The average Bonchev–Trinajstić information content (AvgIpc) is 3.05. The molecule has 0 bridgehead atoms. The minimum Gasteiger partial charge on any atom is -0.309 e. The molecule has 0 saturated carbocycles. The van der Waals surface area contributed by atoms with Crippen molar-refractivity contribution in [2.45, 2.75) is 40.5 Å². The SMILES string of the molecule is Cc1cc(C)c2sc(N(CCCN(C)C)C(=O)Cc3ccc(C)c(C)c3)nc2c1.Cl. The molecule has 0 radical (unpaired) electrons. The van der Waals surface area contributed by atoms with E-state index in [2.05, 4.69) is 77.0 Å². The third-order valence-electron chi connectivity index (χ3n) is 5.25. The first-order valence-corrected chi connectivity index (χ1v) is 11.0. The van der Waals surface area contributed by atoms with Crippen molar-refractivity contribution in [1.82, 2.24) is 9.88 Å². The van der Waals surface area contributed by atoms with E-state index >= 15 is 0 Å². The van der Waals surface area contributed by atoms with Gasteiger partial charge < -0.3 is 4.90 Å². The van der Waals surface area contributed by atoms with Gasteiger partial charge in [0.1, 0.15) is 0 Å². The first-order valence-electron chi connectivity index (χ1n) is 10.1. The maximum atomic E-state index is 13.3. The van der Waals surface area contributed by atoms with Crippen LogP contribution in [-0.4, -0.2) is 43.0 Å². The van der Waals surface area contributed by atoms with Gasteiger partial charge in [-0.15, -0.1) is 12.4 Å². The molecule has 0 unspecified atom stereocenters. The van der Waals surface area contributed by atoms with Crippen LogP contribution >= 0.6 is 23.7 Å². The Morgan fingerprint density at radius 1 is 0.967 bits per heavy atom. The highest BCUT2D eigenvalue weighted by molar-refractivity contribution is 7.22. The summed E-state index contributed by atoms with van der Waals surface area (Å²) in [5.41, 5.74) is 6.94. The van der Waals surface area contributed by atoms with Crippen molar-refractivity contribution in [2.75, 3.05) is 32.1 Å². The number of carbonyl (C=O) groups excluding carboxylic acids is 1. The number of amides is 1. The van der Waals surface area contributed by atoms with E-state index < -0.39 is 0 Å². The minimum atomic E-state index is 0. The van der Waals surface area contributed by atoms with Gasteiger partial charge in [0.2, 0.25) is 5.91 Å². The summed E-state index contributed by atoms with van der Waals surface area (Å²) in [6.45, 7) is 10.0. The molecule has 4 nitrogen and oxygen atoms in total. The van der Waals surface area contributed by atoms with Gasteiger partial charge in [-0.05, 0) is 88.6 Å². The van der Waals surface area contributed by atoms with E-state index in [9.17, 15) is 4.79 Å². The van der Waals surface area contributed by atoms with Crippen molar-refractivity contribution in [2.24, 2.45) is 0 Å². The number of anilines is 1. The highest BCUT2D eigenvalue weighted by Gasteiger charge is 2.21. The van der Waals surface area contributed by atoms with Crippen LogP contribution in [0.15, 0.2) is 30.3 Å². The van der Waals surface area contributed by atoms with Gasteiger partial charge in [-0.1, -0.05) is 35.6 Å². The monoisotopic (exact) mass is 445 g/mol. The number of aryl methyl sites for hydroxylation is 4. The van der Waals surface area contributed by atoms with Gasteiger partial charge in [-0.3, -0.25) is 9.69 Å². The van der Waals surface area contributed by atoms with Crippen molar-refractivity contribution >= 4 is 45.0 Å². The number of hydrogen-bond donors (Lipinski definition) is 0. The zero-order valence-corrected chi connectivity index (χ0v) is 20.4. The number of thiazole rings is 1. The molecule has 1 heterocycles. The van der Waals surface area contributed by atoms with Gasteiger partial charge in [-0.25, -0.2) is 4.98 Å². The second-order valence-corrected chi connectivity index (χ2v) is 9.20. The first kappa shape index (κ1) is 24.3. The van der Waals surface area contributed by atoms with Crippen LogP contribution in [0, 0.1) is 27.7 Å².